The molecule has 176 valence electrons. The van der Waals surface area contributed by atoms with Gasteiger partial charge >= 0.3 is 0 Å². The van der Waals surface area contributed by atoms with Crippen LogP contribution in [0.3, 0.4) is 0 Å². The fourth-order valence-corrected chi connectivity index (χ4v) is 3.07. The Kier molecular flexibility index (Phi) is 9.05. The van der Waals surface area contributed by atoms with Gasteiger partial charge in [0.15, 0.2) is 0 Å². The molecule has 0 atom stereocenters. The fourth-order valence-electron chi connectivity index (χ4n) is 2.89. The molecule has 0 aliphatic rings. The zero-order chi connectivity index (χ0) is 24.3. The number of carbonyl (C=O) groups excluding carboxylic acids is 2. The van der Waals surface area contributed by atoms with Crippen molar-refractivity contribution in [3.8, 4) is 11.5 Å². The zero-order valence-corrected chi connectivity index (χ0v) is 19.8. The van der Waals surface area contributed by atoms with E-state index in [4.69, 9.17) is 21.1 Å². The number of nitrogens with one attached hydrogen (secondary N) is 2. The summed E-state index contributed by atoms with van der Waals surface area (Å²) in [5, 5.41) is 7.23. The number of rotatable bonds is 10. The molecule has 2 amide bonds. The van der Waals surface area contributed by atoms with Gasteiger partial charge in [0.05, 0.1) is 13.3 Å². The lowest BCUT2D eigenvalue weighted by Crippen LogP contribution is -2.20. The van der Waals surface area contributed by atoms with E-state index in [1.807, 2.05) is 61.5 Å². The molecule has 7 nitrogen and oxygen atoms in total. The van der Waals surface area contributed by atoms with Crippen molar-refractivity contribution >= 4 is 35.3 Å². The summed E-state index contributed by atoms with van der Waals surface area (Å²) in [7, 11) is 1.63. The molecule has 3 aromatic rings. The molecule has 0 radical (unpaired) electrons. The van der Waals surface area contributed by atoms with E-state index in [1.165, 1.54) is 6.21 Å². The molecule has 3 rings (SSSR count). The topological polar surface area (TPSA) is 89.0 Å². The fraction of sp³-hybridized carbons (Fsp3) is 0.192. The first-order valence-electron chi connectivity index (χ1n) is 10.7. The second-order valence-electron chi connectivity index (χ2n) is 7.51. The molecule has 0 saturated carbocycles. The van der Waals surface area contributed by atoms with Crippen LogP contribution in [0.2, 0.25) is 5.02 Å². The van der Waals surface area contributed by atoms with E-state index in [0.717, 1.165) is 28.2 Å². The van der Waals surface area contributed by atoms with Gasteiger partial charge in [-0.1, -0.05) is 29.8 Å². The predicted octanol–water partition coefficient (Wildman–Crippen LogP) is 5.11. The Labute approximate surface area is 203 Å². The third-order valence-corrected chi connectivity index (χ3v) is 5.29. The minimum atomic E-state index is -0.354. The number of hydrogen-bond acceptors (Lipinski definition) is 5. The minimum absolute atomic E-state index is 0.0148. The van der Waals surface area contributed by atoms with E-state index in [1.54, 1.807) is 19.2 Å². The van der Waals surface area contributed by atoms with E-state index < -0.39 is 0 Å². The zero-order valence-electron chi connectivity index (χ0n) is 19.0. The first-order valence-corrected chi connectivity index (χ1v) is 11.0. The molecule has 0 bridgehead atoms. The van der Waals surface area contributed by atoms with Crippen LogP contribution in [0.5, 0.6) is 11.5 Å². The minimum Gasteiger partial charge on any atom is -0.497 e. The Morgan fingerprint density at radius 2 is 1.62 bits per heavy atom. The van der Waals surface area contributed by atoms with Crippen molar-refractivity contribution in [2.45, 2.75) is 26.4 Å². The molecule has 0 unspecified atom stereocenters. The molecular weight excluding hydrogens is 454 g/mol. The van der Waals surface area contributed by atoms with Gasteiger partial charge < -0.3 is 14.8 Å². The highest BCUT2D eigenvalue weighted by atomic mass is 35.5. The molecule has 3 aromatic carbocycles. The lowest BCUT2D eigenvalue weighted by atomic mass is 10.2. The Bertz CT molecular complexity index is 1150. The van der Waals surface area contributed by atoms with E-state index in [0.29, 0.717) is 17.3 Å². The summed E-state index contributed by atoms with van der Waals surface area (Å²) >= 11 is 6.05. The normalized spacial score (nSPS) is 10.7. The summed E-state index contributed by atoms with van der Waals surface area (Å²) in [6.45, 7) is 2.32. The SMILES string of the molecule is COc1ccc(COc2ccc(C=NNC(=O)CCC(=O)Nc3ccc(C)c(Cl)c3)cc2)cc1. The van der Waals surface area contributed by atoms with Gasteiger partial charge in [-0.2, -0.15) is 5.10 Å². The van der Waals surface area contributed by atoms with E-state index in [-0.39, 0.29) is 24.7 Å². The number of aryl methyl sites for hydroxylation is 1. The summed E-state index contributed by atoms with van der Waals surface area (Å²) in [5.41, 5.74) is 5.77. The van der Waals surface area contributed by atoms with Crippen LogP contribution in [-0.4, -0.2) is 25.1 Å². The van der Waals surface area contributed by atoms with Gasteiger partial charge in [-0.25, -0.2) is 5.43 Å². The second-order valence-corrected chi connectivity index (χ2v) is 7.92. The van der Waals surface area contributed by atoms with Crippen molar-refractivity contribution in [3.05, 3.63) is 88.4 Å². The third kappa shape index (κ3) is 7.94. The van der Waals surface area contributed by atoms with Crippen molar-refractivity contribution in [2.75, 3.05) is 12.4 Å². The molecule has 0 aliphatic carbocycles. The van der Waals surface area contributed by atoms with Crippen molar-refractivity contribution in [1.29, 1.82) is 0 Å². The van der Waals surface area contributed by atoms with Crippen molar-refractivity contribution in [3.63, 3.8) is 0 Å². The first-order chi connectivity index (χ1) is 16.4. The van der Waals surface area contributed by atoms with Gasteiger partial charge in [-0.3, -0.25) is 9.59 Å². The van der Waals surface area contributed by atoms with Gasteiger partial charge in [0, 0.05) is 23.6 Å². The average molecular weight is 480 g/mol. The number of amides is 2. The highest BCUT2D eigenvalue weighted by Gasteiger charge is 2.07. The third-order valence-electron chi connectivity index (χ3n) is 4.88. The molecule has 2 N–H and O–H groups in total. The molecule has 0 aliphatic heterocycles. The molecule has 0 heterocycles. The summed E-state index contributed by atoms with van der Waals surface area (Å²) in [5.74, 6) is 0.894. The molecule has 34 heavy (non-hydrogen) atoms. The number of benzene rings is 3. The van der Waals surface area contributed by atoms with Crippen LogP contribution >= 0.6 is 11.6 Å². The van der Waals surface area contributed by atoms with Gasteiger partial charge in [0.25, 0.3) is 0 Å². The van der Waals surface area contributed by atoms with Gasteiger partial charge in [0.1, 0.15) is 18.1 Å². The van der Waals surface area contributed by atoms with Crippen LogP contribution in [-0.2, 0) is 16.2 Å². The maximum absolute atomic E-state index is 12.0. The second kappa shape index (κ2) is 12.4. The monoisotopic (exact) mass is 479 g/mol. The summed E-state index contributed by atoms with van der Waals surface area (Å²) in [4.78, 5) is 24.0. The molecule has 0 saturated heterocycles. The number of hydrogen-bond donors (Lipinski definition) is 2. The van der Waals surface area contributed by atoms with Crippen LogP contribution < -0.4 is 20.2 Å². The van der Waals surface area contributed by atoms with Gasteiger partial charge in [-0.05, 0) is 72.1 Å². The Balaban J connectivity index is 1.37. The van der Waals surface area contributed by atoms with Gasteiger partial charge in [-0.15, -0.1) is 0 Å². The highest BCUT2D eigenvalue weighted by molar-refractivity contribution is 6.31. The van der Waals surface area contributed by atoms with Crippen molar-refractivity contribution in [2.24, 2.45) is 5.10 Å². The number of anilines is 1. The molecule has 0 aromatic heterocycles. The van der Waals surface area contributed by atoms with Crippen molar-refractivity contribution < 1.29 is 19.1 Å². The maximum atomic E-state index is 12.0. The average Bonchev–Trinajstić information content (AvgIpc) is 2.85. The molecule has 8 heteroatoms. The highest BCUT2D eigenvalue weighted by Crippen LogP contribution is 2.20. The standard InChI is InChI=1S/C26H26ClN3O4/c1-18-3-8-21(15-24(18)27)29-25(31)13-14-26(32)30-28-16-19-4-11-23(12-5-19)34-17-20-6-9-22(33-2)10-7-20/h3-12,15-16H,13-14,17H2,1-2H3,(H,29,31)(H,30,32). The van der Waals surface area contributed by atoms with Crippen LogP contribution in [0, 0.1) is 6.92 Å². The Morgan fingerprint density at radius 3 is 2.29 bits per heavy atom. The first kappa shape index (κ1) is 24.8. The summed E-state index contributed by atoms with van der Waals surface area (Å²) in [6, 6.07) is 20.3. The number of nitrogens with zero attached hydrogens (tertiary/aromatic N) is 1. The lowest BCUT2D eigenvalue weighted by Gasteiger charge is -2.07. The largest absolute Gasteiger partial charge is 0.497 e. The van der Waals surface area contributed by atoms with Crippen LogP contribution in [0.15, 0.2) is 71.8 Å². The number of hydrazone groups is 1. The number of methoxy groups -OCH3 is 1. The number of ether oxygens (including phenoxy) is 2. The van der Waals surface area contributed by atoms with Crippen LogP contribution in [0.25, 0.3) is 0 Å². The number of halogens is 1. The smallest absolute Gasteiger partial charge is 0.240 e. The predicted molar refractivity (Wildman–Crippen MR) is 134 cm³/mol. The lowest BCUT2D eigenvalue weighted by molar-refractivity contribution is -0.124. The van der Waals surface area contributed by atoms with E-state index in [9.17, 15) is 9.59 Å². The summed E-state index contributed by atoms with van der Waals surface area (Å²) in [6.07, 6.45) is 1.58. The maximum Gasteiger partial charge on any atom is 0.240 e. The number of carbonyl (C=O) groups is 2. The van der Waals surface area contributed by atoms with E-state index >= 15 is 0 Å². The summed E-state index contributed by atoms with van der Waals surface area (Å²) < 4.78 is 10.9. The van der Waals surface area contributed by atoms with Crippen LogP contribution in [0.4, 0.5) is 5.69 Å². The molecule has 0 fully saturated rings. The Hall–Kier alpha value is -3.84. The van der Waals surface area contributed by atoms with Crippen LogP contribution in [0.1, 0.15) is 29.5 Å². The van der Waals surface area contributed by atoms with Gasteiger partial charge in [0.2, 0.25) is 11.8 Å². The quantitative estimate of drug-likeness (QED) is 0.312. The Morgan fingerprint density at radius 1 is 0.941 bits per heavy atom. The van der Waals surface area contributed by atoms with Crippen molar-refractivity contribution in [1.82, 2.24) is 5.43 Å². The molecule has 0 spiro atoms. The van der Waals surface area contributed by atoms with E-state index in [2.05, 4.69) is 15.8 Å². The molecular formula is C26H26ClN3O4.